The molecule has 0 saturated carbocycles. The number of rotatable bonds is 3. The molecule has 3 heteroatoms. The molecule has 0 aliphatic rings. The number of amides is 1. The van der Waals surface area contributed by atoms with E-state index in [2.05, 4.69) is 5.32 Å². The van der Waals surface area contributed by atoms with Crippen molar-refractivity contribution in [3.63, 3.8) is 0 Å². The SMILES string of the molecule is CCCNC(=O)C(C)(C)F. The van der Waals surface area contributed by atoms with Crippen molar-refractivity contribution < 1.29 is 9.18 Å². The molecule has 2 nitrogen and oxygen atoms in total. The molecular weight excluding hydrogens is 133 g/mol. The van der Waals surface area contributed by atoms with Crippen LogP contribution in [0.2, 0.25) is 0 Å². The summed E-state index contributed by atoms with van der Waals surface area (Å²) in [7, 11) is 0. The first-order chi connectivity index (χ1) is 4.48. The van der Waals surface area contributed by atoms with E-state index in [9.17, 15) is 9.18 Å². The molecule has 0 atom stereocenters. The largest absolute Gasteiger partial charge is 0.353 e. The fourth-order valence-electron chi connectivity index (χ4n) is 0.449. The maximum Gasteiger partial charge on any atom is 0.257 e. The van der Waals surface area contributed by atoms with Crippen molar-refractivity contribution >= 4 is 5.91 Å². The maximum atomic E-state index is 12.7. The van der Waals surface area contributed by atoms with Gasteiger partial charge in [0.25, 0.3) is 5.91 Å². The van der Waals surface area contributed by atoms with Crippen LogP contribution in [0.3, 0.4) is 0 Å². The first-order valence-corrected chi connectivity index (χ1v) is 3.45. The number of halogens is 1. The summed E-state index contributed by atoms with van der Waals surface area (Å²) in [5, 5.41) is 2.46. The van der Waals surface area contributed by atoms with Gasteiger partial charge in [-0.05, 0) is 20.3 Å². The Morgan fingerprint density at radius 2 is 2.10 bits per heavy atom. The van der Waals surface area contributed by atoms with E-state index in [4.69, 9.17) is 0 Å². The van der Waals surface area contributed by atoms with Crippen LogP contribution >= 0.6 is 0 Å². The Morgan fingerprint density at radius 1 is 1.60 bits per heavy atom. The minimum Gasteiger partial charge on any atom is -0.353 e. The monoisotopic (exact) mass is 147 g/mol. The zero-order chi connectivity index (χ0) is 8.20. The lowest BCUT2D eigenvalue weighted by Crippen LogP contribution is -2.38. The van der Waals surface area contributed by atoms with Gasteiger partial charge in [-0.1, -0.05) is 6.92 Å². The first-order valence-electron chi connectivity index (χ1n) is 3.45. The summed E-state index contributed by atoms with van der Waals surface area (Å²) >= 11 is 0. The molecule has 10 heavy (non-hydrogen) atoms. The molecule has 0 bridgehead atoms. The van der Waals surface area contributed by atoms with E-state index in [-0.39, 0.29) is 0 Å². The summed E-state index contributed by atoms with van der Waals surface area (Å²) in [6.07, 6.45) is 0.835. The van der Waals surface area contributed by atoms with E-state index in [1.54, 1.807) is 0 Å². The quantitative estimate of drug-likeness (QED) is 0.639. The van der Waals surface area contributed by atoms with Crippen molar-refractivity contribution in [3.8, 4) is 0 Å². The molecule has 60 valence electrons. The van der Waals surface area contributed by atoms with E-state index in [0.29, 0.717) is 6.54 Å². The third-order valence-electron chi connectivity index (χ3n) is 1.08. The molecular formula is C7H14FNO. The van der Waals surface area contributed by atoms with Gasteiger partial charge in [-0.15, -0.1) is 0 Å². The lowest BCUT2D eigenvalue weighted by atomic mass is 10.1. The Kier molecular flexibility index (Phi) is 3.33. The molecule has 0 aromatic rings. The highest BCUT2D eigenvalue weighted by molar-refractivity contribution is 5.83. The van der Waals surface area contributed by atoms with Crippen LogP contribution in [0.1, 0.15) is 27.2 Å². The number of hydrogen-bond acceptors (Lipinski definition) is 1. The lowest BCUT2D eigenvalue weighted by Gasteiger charge is -2.12. The second kappa shape index (κ2) is 3.54. The Balaban J connectivity index is 3.64. The fourth-order valence-corrected chi connectivity index (χ4v) is 0.449. The molecule has 0 unspecified atom stereocenters. The lowest BCUT2D eigenvalue weighted by molar-refractivity contribution is -0.130. The highest BCUT2D eigenvalue weighted by atomic mass is 19.1. The van der Waals surface area contributed by atoms with E-state index in [1.165, 1.54) is 13.8 Å². The highest BCUT2D eigenvalue weighted by Crippen LogP contribution is 2.06. The van der Waals surface area contributed by atoms with Crippen molar-refractivity contribution in [2.75, 3.05) is 6.54 Å². The molecule has 0 radical (unpaired) electrons. The predicted molar refractivity (Wildman–Crippen MR) is 38.5 cm³/mol. The topological polar surface area (TPSA) is 29.1 Å². The third-order valence-corrected chi connectivity index (χ3v) is 1.08. The van der Waals surface area contributed by atoms with E-state index in [1.807, 2.05) is 6.92 Å². The van der Waals surface area contributed by atoms with Gasteiger partial charge in [0.15, 0.2) is 5.67 Å². The van der Waals surface area contributed by atoms with Crippen LogP contribution in [0.15, 0.2) is 0 Å². The number of carbonyl (C=O) groups excluding carboxylic acids is 1. The predicted octanol–water partition coefficient (Wildman–Crippen LogP) is 1.26. The van der Waals surface area contributed by atoms with Crippen molar-refractivity contribution in [1.29, 1.82) is 0 Å². The van der Waals surface area contributed by atoms with E-state index >= 15 is 0 Å². The van der Waals surface area contributed by atoms with Crippen LogP contribution in [0.5, 0.6) is 0 Å². The highest BCUT2D eigenvalue weighted by Gasteiger charge is 2.25. The third kappa shape index (κ3) is 3.43. The van der Waals surface area contributed by atoms with Crippen LogP contribution < -0.4 is 5.32 Å². The fraction of sp³-hybridized carbons (Fsp3) is 0.857. The number of carbonyl (C=O) groups is 1. The van der Waals surface area contributed by atoms with Gasteiger partial charge in [-0.3, -0.25) is 4.79 Å². The molecule has 1 amide bonds. The molecule has 0 aliphatic carbocycles. The molecule has 0 saturated heterocycles. The Bertz CT molecular complexity index is 117. The van der Waals surface area contributed by atoms with Gasteiger partial charge in [0, 0.05) is 6.54 Å². The zero-order valence-corrected chi connectivity index (χ0v) is 6.70. The van der Waals surface area contributed by atoms with Gasteiger partial charge in [0.05, 0.1) is 0 Å². The minimum absolute atomic E-state index is 0.533. The zero-order valence-electron chi connectivity index (χ0n) is 6.70. The first kappa shape index (κ1) is 9.40. The molecule has 0 rings (SSSR count). The molecule has 0 spiro atoms. The summed E-state index contributed by atoms with van der Waals surface area (Å²) in [5.74, 6) is -0.533. The van der Waals surface area contributed by atoms with Crippen molar-refractivity contribution in [2.24, 2.45) is 0 Å². The summed E-state index contributed by atoms with van der Waals surface area (Å²) in [5.41, 5.74) is -1.74. The number of alkyl halides is 1. The van der Waals surface area contributed by atoms with Crippen LogP contribution in [-0.2, 0) is 4.79 Å². The van der Waals surface area contributed by atoms with Crippen molar-refractivity contribution in [2.45, 2.75) is 32.9 Å². The maximum absolute atomic E-state index is 12.7. The van der Waals surface area contributed by atoms with Crippen molar-refractivity contribution in [3.05, 3.63) is 0 Å². The normalized spacial score (nSPS) is 11.2. The van der Waals surface area contributed by atoms with Gasteiger partial charge in [0.1, 0.15) is 0 Å². The minimum atomic E-state index is -1.74. The van der Waals surface area contributed by atoms with E-state index in [0.717, 1.165) is 6.42 Å². The van der Waals surface area contributed by atoms with Crippen LogP contribution in [0, 0.1) is 0 Å². The van der Waals surface area contributed by atoms with Gasteiger partial charge < -0.3 is 5.32 Å². The summed E-state index contributed by atoms with van der Waals surface area (Å²) in [6, 6.07) is 0. The Labute approximate surface area is 60.8 Å². The van der Waals surface area contributed by atoms with Gasteiger partial charge >= 0.3 is 0 Å². The Hall–Kier alpha value is -0.600. The molecule has 0 aromatic carbocycles. The van der Waals surface area contributed by atoms with Crippen molar-refractivity contribution in [1.82, 2.24) is 5.32 Å². The van der Waals surface area contributed by atoms with Crippen LogP contribution in [0.4, 0.5) is 4.39 Å². The Morgan fingerprint density at radius 3 is 2.40 bits per heavy atom. The van der Waals surface area contributed by atoms with Crippen LogP contribution in [-0.4, -0.2) is 18.1 Å². The number of hydrogen-bond donors (Lipinski definition) is 1. The summed E-state index contributed by atoms with van der Waals surface area (Å²) in [6.45, 7) is 4.97. The molecule has 0 fully saturated rings. The molecule has 1 N–H and O–H groups in total. The average molecular weight is 147 g/mol. The second-order valence-corrected chi connectivity index (χ2v) is 2.73. The summed E-state index contributed by atoms with van der Waals surface area (Å²) in [4.78, 5) is 10.7. The van der Waals surface area contributed by atoms with Gasteiger partial charge in [-0.25, -0.2) is 4.39 Å². The molecule has 0 aliphatic heterocycles. The summed E-state index contributed by atoms with van der Waals surface area (Å²) < 4.78 is 12.7. The number of nitrogens with one attached hydrogen (secondary N) is 1. The van der Waals surface area contributed by atoms with Crippen LogP contribution in [0.25, 0.3) is 0 Å². The standard InChI is InChI=1S/C7H14FNO/c1-4-5-9-6(10)7(2,3)8/h4-5H2,1-3H3,(H,9,10). The molecule has 0 heterocycles. The molecule has 0 aromatic heterocycles. The van der Waals surface area contributed by atoms with E-state index < -0.39 is 11.6 Å². The smallest absolute Gasteiger partial charge is 0.257 e. The van der Waals surface area contributed by atoms with Gasteiger partial charge in [-0.2, -0.15) is 0 Å². The van der Waals surface area contributed by atoms with Gasteiger partial charge in [0.2, 0.25) is 0 Å². The second-order valence-electron chi connectivity index (χ2n) is 2.73. The average Bonchev–Trinajstić information content (AvgIpc) is 1.80.